The first-order valence-electron chi connectivity index (χ1n) is 12.7. The van der Waals surface area contributed by atoms with Crippen molar-refractivity contribution in [3.8, 4) is 5.69 Å². The molecule has 0 spiro atoms. The number of thiocarbonyl (C=S) groups is 1. The van der Waals surface area contributed by atoms with Gasteiger partial charge < -0.3 is 19.7 Å². The summed E-state index contributed by atoms with van der Waals surface area (Å²) in [4.78, 5) is 13.5. The van der Waals surface area contributed by atoms with Crippen LogP contribution in [0.1, 0.15) is 43.2 Å². The Balaban J connectivity index is 1.42. The predicted molar refractivity (Wildman–Crippen MR) is 154 cm³/mol. The maximum atomic E-state index is 6.92. The molecule has 1 N–H and O–H groups in total. The van der Waals surface area contributed by atoms with Crippen LogP contribution in [0.5, 0.6) is 0 Å². The summed E-state index contributed by atoms with van der Waals surface area (Å²) in [6.07, 6.45) is 9.91. The molecule has 188 valence electrons. The smallest absolute Gasteiger partial charge is 0.174 e. The van der Waals surface area contributed by atoms with Crippen LogP contribution in [0.4, 0.5) is 11.4 Å². The molecule has 2 atom stereocenters. The number of pyridine rings is 2. The van der Waals surface area contributed by atoms with Crippen LogP contribution in [0.25, 0.3) is 5.69 Å². The van der Waals surface area contributed by atoms with Crippen LogP contribution in [-0.4, -0.2) is 32.7 Å². The Morgan fingerprint density at radius 3 is 2.49 bits per heavy atom. The van der Waals surface area contributed by atoms with E-state index in [2.05, 4.69) is 73.1 Å². The first-order chi connectivity index (χ1) is 18.1. The van der Waals surface area contributed by atoms with E-state index in [-0.39, 0.29) is 12.1 Å². The minimum absolute atomic E-state index is 0.133. The van der Waals surface area contributed by atoms with Crippen LogP contribution < -0.4 is 15.1 Å². The number of piperidine rings is 1. The van der Waals surface area contributed by atoms with Crippen LogP contribution >= 0.6 is 23.8 Å². The van der Waals surface area contributed by atoms with E-state index in [9.17, 15) is 0 Å². The molecule has 4 aromatic rings. The molecule has 5 heterocycles. The fraction of sp³-hybridized carbons (Fsp3) is 0.276. The standard InChI is InChI=1S/C29H29ClN6S/c1-20-11-17-34(18-12-20)25-8-7-22(19-23(25)30)36-28(27(33-29(36)37)24-5-2-3-13-32-24)26-6-4-16-35(26)21-9-14-31-15-10-21/h2-10,13-16,19-20,27-28H,11-12,17-18H2,1H3,(H,33,37)/t27-,28-/m1/s1. The SMILES string of the molecule is CC1CCN(c2ccc(N3C(=S)N[C@H](c4ccccn4)[C@H]3c3cccn3-c3ccncc3)cc2Cl)CC1. The molecule has 1 aromatic carbocycles. The molecule has 0 bridgehead atoms. The van der Waals surface area contributed by atoms with Crippen LogP contribution in [0.3, 0.4) is 0 Å². The molecule has 0 radical (unpaired) electrons. The van der Waals surface area contributed by atoms with Gasteiger partial charge >= 0.3 is 0 Å². The van der Waals surface area contributed by atoms with Gasteiger partial charge in [0.15, 0.2) is 5.11 Å². The molecule has 2 aliphatic heterocycles. The van der Waals surface area contributed by atoms with E-state index in [1.165, 1.54) is 12.8 Å². The zero-order valence-corrected chi connectivity index (χ0v) is 22.2. The lowest BCUT2D eigenvalue weighted by Gasteiger charge is -2.33. The Morgan fingerprint density at radius 2 is 1.76 bits per heavy atom. The number of nitrogens with one attached hydrogen (secondary N) is 1. The molecule has 6 nitrogen and oxygen atoms in total. The van der Waals surface area contributed by atoms with E-state index < -0.39 is 0 Å². The average Bonchev–Trinajstić information content (AvgIpc) is 3.54. The van der Waals surface area contributed by atoms with Crippen LogP contribution in [-0.2, 0) is 0 Å². The van der Waals surface area contributed by atoms with E-state index in [0.717, 1.165) is 52.5 Å². The number of halogens is 1. The maximum Gasteiger partial charge on any atom is 0.174 e. The summed E-state index contributed by atoms with van der Waals surface area (Å²) in [6, 6.07) is 20.3. The number of hydrogen-bond acceptors (Lipinski definition) is 4. The van der Waals surface area contributed by atoms with Gasteiger partial charge in [0.1, 0.15) is 6.04 Å². The van der Waals surface area contributed by atoms with E-state index in [1.807, 2.05) is 48.9 Å². The fourth-order valence-corrected chi connectivity index (χ4v) is 6.10. The summed E-state index contributed by atoms with van der Waals surface area (Å²) in [7, 11) is 0. The second kappa shape index (κ2) is 10.1. The molecule has 0 saturated carbocycles. The van der Waals surface area contributed by atoms with Crippen LogP contribution in [0, 0.1) is 5.92 Å². The van der Waals surface area contributed by atoms with Gasteiger partial charge in [-0.3, -0.25) is 9.97 Å². The van der Waals surface area contributed by atoms with Crippen LogP contribution in [0.15, 0.2) is 85.5 Å². The highest BCUT2D eigenvalue weighted by atomic mass is 35.5. The van der Waals surface area contributed by atoms with Crippen molar-refractivity contribution in [2.75, 3.05) is 22.9 Å². The van der Waals surface area contributed by atoms with Crippen molar-refractivity contribution in [3.05, 3.63) is 102 Å². The van der Waals surface area contributed by atoms with Crippen molar-refractivity contribution in [1.82, 2.24) is 19.9 Å². The maximum absolute atomic E-state index is 6.92. The Labute approximate surface area is 227 Å². The predicted octanol–water partition coefficient (Wildman–Crippen LogP) is 6.33. The lowest BCUT2D eigenvalue weighted by molar-refractivity contribution is 0.438. The van der Waals surface area contributed by atoms with E-state index in [0.29, 0.717) is 5.11 Å². The summed E-state index contributed by atoms with van der Waals surface area (Å²) in [6.45, 7) is 4.39. The number of anilines is 2. The highest BCUT2D eigenvalue weighted by molar-refractivity contribution is 7.80. The quantitative estimate of drug-likeness (QED) is 0.305. The molecule has 2 saturated heterocycles. The molecular weight excluding hydrogens is 500 g/mol. The molecule has 3 aromatic heterocycles. The van der Waals surface area contributed by atoms with Crippen molar-refractivity contribution in [3.63, 3.8) is 0 Å². The summed E-state index contributed by atoms with van der Waals surface area (Å²) < 4.78 is 2.19. The molecule has 6 rings (SSSR count). The van der Waals surface area contributed by atoms with Gasteiger partial charge in [0.25, 0.3) is 0 Å². The Kier molecular flexibility index (Phi) is 6.57. The largest absolute Gasteiger partial charge is 0.370 e. The van der Waals surface area contributed by atoms with E-state index >= 15 is 0 Å². The van der Waals surface area contributed by atoms with Crippen molar-refractivity contribution in [2.24, 2.45) is 5.92 Å². The highest BCUT2D eigenvalue weighted by Crippen LogP contribution is 2.44. The summed E-state index contributed by atoms with van der Waals surface area (Å²) in [5, 5.41) is 4.95. The fourth-order valence-electron chi connectivity index (χ4n) is 5.46. The normalized spacial score (nSPS) is 20.3. The van der Waals surface area contributed by atoms with Crippen molar-refractivity contribution < 1.29 is 0 Å². The van der Waals surface area contributed by atoms with Gasteiger partial charge in [-0.1, -0.05) is 24.6 Å². The number of rotatable bonds is 5. The van der Waals surface area contributed by atoms with Crippen molar-refractivity contribution in [2.45, 2.75) is 31.8 Å². The molecule has 2 fully saturated rings. The minimum atomic E-state index is -0.136. The summed E-state index contributed by atoms with van der Waals surface area (Å²) >= 11 is 12.9. The molecular formula is C29H29ClN6S. The van der Waals surface area contributed by atoms with E-state index in [4.69, 9.17) is 23.8 Å². The third kappa shape index (κ3) is 4.58. The first kappa shape index (κ1) is 23.9. The zero-order chi connectivity index (χ0) is 25.4. The highest BCUT2D eigenvalue weighted by Gasteiger charge is 2.42. The second-order valence-corrected chi connectivity index (χ2v) is 10.6. The zero-order valence-electron chi connectivity index (χ0n) is 20.7. The molecule has 37 heavy (non-hydrogen) atoms. The summed E-state index contributed by atoms with van der Waals surface area (Å²) in [5.74, 6) is 0.767. The second-order valence-electron chi connectivity index (χ2n) is 9.81. The monoisotopic (exact) mass is 528 g/mol. The lowest BCUT2D eigenvalue weighted by Crippen LogP contribution is -2.33. The molecule has 0 amide bonds. The Bertz CT molecular complexity index is 1380. The molecule has 0 unspecified atom stereocenters. The van der Waals surface area contributed by atoms with Gasteiger partial charge in [0.2, 0.25) is 0 Å². The van der Waals surface area contributed by atoms with Gasteiger partial charge in [-0.2, -0.15) is 0 Å². The molecule has 0 aliphatic carbocycles. The van der Waals surface area contributed by atoms with Crippen LogP contribution in [0.2, 0.25) is 5.02 Å². The van der Waals surface area contributed by atoms with Gasteiger partial charge in [-0.25, -0.2) is 0 Å². The van der Waals surface area contributed by atoms with Gasteiger partial charge in [-0.15, -0.1) is 0 Å². The number of nitrogens with zero attached hydrogens (tertiary/aromatic N) is 5. The average molecular weight is 529 g/mol. The number of benzene rings is 1. The Morgan fingerprint density at radius 1 is 0.946 bits per heavy atom. The minimum Gasteiger partial charge on any atom is -0.370 e. The van der Waals surface area contributed by atoms with Gasteiger partial charge in [-0.05, 0) is 85.6 Å². The number of aromatic nitrogens is 3. The van der Waals surface area contributed by atoms with Crippen molar-refractivity contribution in [1.29, 1.82) is 0 Å². The van der Waals surface area contributed by atoms with Gasteiger partial charge in [0, 0.05) is 54.9 Å². The Hall–Kier alpha value is -3.42. The van der Waals surface area contributed by atoms with Gasteiger partial charge in [0.05, 0.1) is 22.4 Å². The van der Waals surface area contributed by atoms with E-state index in [1.54, 1.807) is 0 Å². The molecule has 8 heteroatoms. The third-order valence-corrected chi connectivity index (χ3v) is 8.07. The summed E-state index contributed by atoms with van der Waals surface area (Å²) in [5.41, 5.74) is 5.13. The topological polar surface area (TPSA) is 49.2 Å². The third-order valence-electron chi connectivity index (χ3n) is 7.46. The van der Waals surface area contributed by atoms with Crippen molar-refractivity contribution >= 4 is 40.3 Å². The first-order valence-corrected chi connectivity index (χ1v) is 13.5. The number of hydrogen-bond donors (Lipinski definition) is 1. The molecule has 2 aliphatic rings. The lowest BCUT2D eigenvalue weighted by atomic mass is 9.98.